The number of hydrogen-bond acceptors (Lipinski definition) is 3. The molecular weight excluding hydrogens is 292 g/mol. The molecule has 2 heterocycles. The summed E-state index contributed by atoms with van der Waals surface area (Å²) in [6, 6.07) is 7.63. The van der Waals surface area contributed by atoms with Crippen LogP contribution in [0, 0.1) is 0 Å². The van der Waals surface area contributed by atoms with Crippen molar-refractivity contribution in [2.45, 2.75) is 19.4 Å². The number of aryl methyl sites for hydroxylation is 1. The van der Waals surface area contributed by atoms with E-state index in [0.717, 1.165) is 17.5 Å². The minimum Gasteiger partial charge on any atom is -0.352 e. The Morgan fingerprint density at radius 2 is 2.13 bits per heavy atom. The summed E-state index contributed by atoms with van der Waals surface area (Å²) in [5, 5.41) is 7.04. The Bertz CT molecular complexity index is 738. The zero-order valence-electron chi connectivity index (χ0n) is 13.3. The van der Waals surface area contributed by atoms with Gasteiger partial charge < -0.3 is 10.2 Å². The predicted molar refractivity (Wildman–Crippen MR) is 86.8 cm³/mol. The molecule has 1 unspecified atom stereocenters. The van der Waals surface area contributed by atoms with Crippen LogP contribution in [0.1, 0.15) is 23.7 Å². The van der Waals surface area contributed by atoms with Crippen molar-refractivity contribution in [3.8, 4) is 11.1 Å². The summed E-state index contributed by atoms with van der Waals surface area (Å²) < 4.78 is 1.74. The molecule has 2 aromatic rings. The summed E-state index contributed by atoms with van der Waals surface area (Å²) in [5.41, 5.74) is 2.62. The first-order valence-electron chi connectivity index (χ1n) is 7.68. The third-order valence-electron chi connectivity index (χ3n) is 4.03. The summed E-state index contributed by atoms with van der Waals surface area (Å²) in [6.07, 6.45) is 4.51. The summed E-state index contributed by atoms with van der Waals surface area (Å²) in [6.45, 7) is 2.73. The second-order valence-corrected chi connectivity index (χ2v) is 5.92. The van der Waals surface area contributed by atoms with E-state index in [4.69, 9.17) is 0 Å². The van der Waals surface area contributed by atoms with Crippen LogP contribution in [0.3, 0.4) is 0 Å². The molecule has 1 N–H and O–H groups in total. The molecule has 1 aromatic heterocycles. The van der Waals surface area contributed by atoms with Crippen LogP contribution in [0.4, 0.5) is 0 Å². The second-order valence-electron chi connectivity index (χ2n) is 5.92. The Hall–Kier alpha value is -2.63. The van der Waals surface area contributed by atoms with E-state index >= 15 is 0 Å². The fourth-order valence-corrected chi connectivity index (χ4v) is 2.93. The highest BCUT2D eigenvalue weighted by molar-refractivity contribution is 5.95. The molecule has 0 saturated carbocycles. The number of rotatable bonds is 3. The van der Waals surface area contributed by atoms with Crippen LogP contribution < -0.4 is 5.32 Å². The fraction of sp³-hybridized carbons (Fsp3) is 0.353. The van der Waals surface area contributed by atoms with Gasteiger partial charge in [0.1, 0.15) is 0 Å². The highest BCUT2D eigenvalue weighted by atomic mass is 16.2. The molecule has 1 aliphatic heterocycles. The van der Waals surface area contributed by atoms with Gasteiger partial charge in [0, 0.05) is 50.4 Å². The molecule has 0 aliphatic carbocycles. The van der Waals surface area contributed by atoms with Gasteiger partial charge >= 0.3 is 0 Å². The number of nitrogens with zero attached hydrogens (tertiary/aromatic N) is 3. The molecule has 1 atom stereocenters. The lowest BCUT2D eigenvalue weighted by Crippen LogP contribution is -2.37. The lowest BCUT2D eigenvalue weighted by atomic mass is 10.1. The van der Waals surface area contributed by atoms with Crippen LogP contribution in [0.2, 0.25) is 0 Å². The van der Waals surface area contributed by atoms with Crippen molar-refractivity contribution in [3.05, 3.63) is 42.2 Å². The molecule has 2 amide bonds. The van der Waals surface area contributed by atoms with Gasteiger partial charge in [-0.25, -0.2) is 0 Å². The highest BCUT2D eigenvalue weighted by Gasteiger charge is 2.27. The number of benzene rings is 1. The van der Waals surface area contributed by atoms with E-state index in [1.165, 1.54) is 6.92 Å². The Morgan fingerprint density at radius 1 is 1.30 bits per heavy atom. The van der Waals surface area contributed by atoms with E-state index in [-0.39, 0.29) is 17.9 Å². The quantitative estimate of drug-likeness (QED) is 0.932. The van der Waals surface area contributed by atoms with Gasteiger partial charge in [-0.15, -0.1) is 0 Å². The van der Waals surface area contributed by atoms with Crippen molar-refractivity contribution >= 4 is 11.8 Å². The van der Waals surface area contributed by atoms with Gasteiger partial charge in [0.25, 0.3) is 5.91 Å². The van der Waals surface area contributed by atoms with E-state index in [1.54, 1.807) is 15.8 Å². The fourth-order valence-electron chi connectivity index (χ4n) is 2.93. The maximum absolute atomic E-state index is 12.7. The van der Waals surface area contributed by atoms with E-state index in [2.05, 4.69) is 10.4 Å². The van der Waals surface area contributed by atoms with Crippen molar-refractivity contribution in [1.29, 1.82) is 0 Å². The molecule has 23 heavy (non-hydrogen) atoms. The smallest absolute Gasteiger partial charge is 0.253 e. The molecule has 0 radical (unpaired) electrons. The number of nitrogens with one attached hydrogen (secondary N) is 1. The van der Waals surface area contributed by atoms with Crippen LogP contribution in [-0.2, 0) is 11.8 Å². The van der Waals surface area contributed by atoms with Crippen LogP contribution in [0.5, 0.6) is 0 Å². The van der Waals surface area contributed by atoms with Gasteiger partial charge in [-0.2, -0.15) is 5.10 Å². The largest absolute Gasteiger partial charge is 0.352 e. The molecule has 3 rings (SSSR count). The lowest BCUT2D eigenvalue weighted by Gasteiger charge is -2.17. The van der Waals surface area contributed by atoms with E-state index < -0.39 is 0 Å². The Labute approximate surface area is 135 Å². The summed E-state index contributed by atoms with van der Waals surface area (Å²) in [5.74, 6) is -0.0496. The maximum Gasteiger partial charge on any atom is 0.253 e. The van der Waals surface area contributed by atoms with Crippen LogP contribution in [0.15, 0.2) is 36.7 Å². The number of carbonyl (C=O) groups is 2. The molecule has 6 nitrogen and oxygen atoms in total. The van der Waals surface area contributed by atoms with E-state index in [1.807, 2.05) is 37.5 Å². The van der Waals surface area contributed by atoms with Crippen molar-refractivity contribution in [2.75, 3.05) is 13.1 Å². The molecule has 0 bridgehead atoms. The predicted octanol–water partition coefficient (Wildman–Crippen LogP) is 1.44. The Kier molecular flexibility index (Phi) is 4.14. The van der Waals surface area contributed by atoms with Gasteiger partial charge in [-0.1, -0.05) is 12.1 Å². The standard InChI is InChI=1S/C17H20N4O2/c1-12(22)19-16-6-7-21(11-16)17(23)14-5-3-4-13(8-14)15-9-18-20(2)10-15/h3-5,8-10,16H,6-7,11H2,1-2H3,(H,19,22). The average Bonchev–Trinajstić information content (AvgIpc) is 3.15. The van der Waals surface area contributed by atoms with Gasteiger partial charge in [-0.05, 0) is 24.1 Å². The number of aromatic nitrogens is 2. The topological polar surface area (TPSA) is 67.2 Å². The van der Waals surface area contributed by atoms with Crippen LogP contribution in [-0.4, -0.2) is 45.6 Å². The van der Waals surface area contributed by atoms with Gasteiger partial charge in [0.05, 0.1) is 6.20 Å². The van der Waals surface area contributed by atoms with Crippen molar-refractivity contribution < 1.29 is 9.59 Å². The normalized spacial score (nSPS) is 17.3. The first kappa shape index (κ1) is 15.3. The molecule has 0 spiro atoms. The van der Waals surface area contributed by atoms with Gasteiger partial charge in [0.15, 0.2) is 0 Å². The number of amides is 2. The zero-order chi connectivity index (χ0) is 16.4. The third-order valence-corrected chi connectivity index (χ3v) is 4.03. The minimum atomic E-state index is -0.0529. The molecule has 1 aliphatic rings. The Balaban J connectivity index is 1.74. The number of carbonyl (C=O) groups excluding carboxylic acids is 2. The first-order chi connectivity index (χ1) is 11.0. The number of hydrogen-bond donors (Lipinski definition) is 1. The van der Waals surface area contributed by atoms with Gasteiger partial charge in [0.2, 0.25) is 5.91 Å². The van der Waals surface area contributed by atoms with Gasteiger partial charge in [-0.3, -0.25) is 14.3 Å². The van der Waals surface area contributed by atoms with Crippen LogP contribution in [0.25, 0.3) is 11.1 Å². The zero-order valence-corrected chi connectivity index (χ0v) is 13.3. The third kappa shape index (κ3) is 3.41. The molecule has 1 fully saturated rings. The maximum atomic E-state index is 12.7. The minimum absolute atomic E-state index is 0.00333. The lowest BCUT2D eigenvalue weighted by molar-refractivity contribution is -0.119. The summed E-state index contributed by atoms with van der Waals surface area (Å²) in [4.78, 5) is 25.6. The molecule has 6 heteroatoms. The SMILES string of the molecule is CC(=O)NC1CCN(C(=O)c2cccc(-c3cnn(C)c3)c2)C1. The summed E-state index contributed by atoms with van der Waals surface area (Å²) in [7, 11) is 1.87. The summed E-state index contributed by atoms with van der Waals surface area (Å²) >= 11 is 0. The average molecular weight is 312 g/mol. The van der Waals surface area contributed by atoms with Crippen molar-refractivity contribution in [1.82, 2.24) is 20.0 Å². The Morgan fingerprint density at radius 3 is 2.83 bits per heavy atom. The molecule has 120 valence electrons. The first-order valence-corrected chi connectivity index (χ1v) is 7.68. The monoisotopic (exact) mass is 312 g/mol. The van der Waals surface area contributed by atoms with Crippen molar-refractivity contribution in [2.24, 2.45) is 7.05 Å². The van der Waals surface area contributed by atoms with E-state index in [0.29, 0.717) is 18.7 Å². The molecule has 1 saturated heterocycles. The number of likely N-dealkylation sites (tertiary alicyclic amines) is 1. The molecule has 1 aromatic carbocycles. The van der Waals surface area contributed by atoms with E-state index in [9.17, 15) is 9.59 Å². The highest BCUT2D eigenvalue weighted by Crippen LogP contribution is 2.21. The second kappa shape index (κ2) is 6.24. The van der Waals surface area contributed by atoms with Crippen molar-refractivity contribution in [3.63, 3.8) is 0 Å². The molecular formula is C17H20N4O2. The van der Waals surface area contributed by atoms with Crippen LogP contribution >= 0.6 is 0 Å².